The highest BCUT2D eigenvalue weighted by atomic mass is 32.2. The summed E-state index contributed by atoms with van der Waals surface area (Å²) >= 11 is 1.15. The topological polar surface area (TPSA) is 94.0 Å². The zero-order valence-electron chi connectivity index (χ0n) is 10.3. The number of hydrazine groups is 1. The summed E-state index contributed by atoms with van der Waals surface area (Å²) in [6, 6.07) is 3.60. The number of carbonyl (C=O) groups is 1. The van der Waals surface area contributed by atoms with Gasteiger partial charge in [0.15, 0.2) is 5.69 Å². The van der Waals surface area contributed by atoms with Gasteiger partial charge in [-0.3, -0.25) is 10.2 Å². The van der Waals surface area contributed by atoms with Gasteiger partial charge in [-0.05, 0) is 12.1 Å². The second kappa shape index (κ2) is 6.14. The van der Waals surface area contributed by atoms with E-state index in [9.17, 15) is 18.0 Å². The van der Waals surface area contributed by atoms with Crippen LogP contribution >= 0.6 is 11.8 Å². The van der Waals surface area contributed by atoms with Crippen LogP contribution < -0.4 is 11.3 Å². The number of amides is 1. The fourth-order valence-corrected chi connectivity index (χ4v) is 2.06. The van der Waals surface area contributed by atoms with Crippen molar-refractivity contribution in [2.24, 2.45) is 5.84 Å². The molecule has 0 spiro atoms. The van der Waals surface area contributed by atoms with Crippen LogP contribution in [0.3, 0.4) is 0 Å². The van der Waals surface area contributed by atoms with Crippen molar-refractivity contribution in [1.82, 2.24) is 15.6 Å². The molecular weight excluding hydrogens is 309 g/mol. The van der Waals surface area contributed by atoms with Gasteiger partial charge in [-0.15, -0.1) is 0 Å². The quantitative estimate of drug-likeness (QED) is 0.387. The number of pyridine rings is 1. The van der Waals surface area contributed by atoms with Gasteiger partial charge in [-0.25, -0.2) is 10.8 Å². The first-order valence-electron chi connectivity index (χ1n) is 5.52. The van der Waals surface area contributed by atoms with E-state index in [1.165, 1.54) is 12.1 Å². The first-order chi connectivity index (χ1) is 9.90. The monoisotopic (exact) mass is 318 g/mol. The third-order valence-corrected chi connectivity index (χ3v) is 3.31. The van der Waals surface area contributed by atoms with Crippen LogP contribution in [-0.4, -0.2) is 16.0 Å². The Labute approximate surface area is 120 Å². The van der Waals surface area contributed by atoms with Crippen LogP contribution in [-0.2, 0) is 11.9 Å². The van der Waals surface area contributed by atoms with E-state index in [2.05, 4.69) is 10.1 Å². The van der Waals surface area contributed by atoms with Crippen LogP contribution in [0.5, 0.6) is 0 Å². The molecule has 0 aliphatic carbocycles. The third-order valence-electron chi connectivity index (χ3n) is 2.35. The first kappa shape index (κ1) is 15.3. The summed E-state index contributed by atoms with van der Waals surface area (Å²) in [4.78, 5) is 14.8. The Morgan fingerprint density at radius 2 is 2.19 bits per heavy atom. The number of alkyl halides is 3. The van der Waals surface area contributed by atoms with E-state index in [0.717, 1.165) is 24.0 Å². The minimum absolute atomic E-state index is 0.0217. The summed E-state index contributed by atoms with van der Waals surface area (Å²) in [5.41, 5.74) is 1.11. The number of thioether (sulfide) groups is 1. The van der Waals surface area contributed by atoms with Crippen molar-refractivity contribution in [2.45, 2.75) is 17.0 Å². The van der Waals surface area contributed by atoms with E-state index < -0.39 is 17.6 Å². The molecule has 10 heteroatoms. The molecule has 2 rings (SSSR count). The summed E-state index contributed by atoms with van der Waals surface area (Å²) in [6.07, 6.45) is -3.65. The number of nitrogens with one attached hydrogen (secondary N) is 1. The SMILES string of the molecule is NNC(=O)c1cc(CSc2ccc(C(F)(F)F)cn2)on1. The van der Waals surface area contributed by atoms with Gasteiger partial charge in [0, 0.05) is 12.3 Å². The molecule has 0 aliphatic heterocycles. The minimum Gasteiger partial charge on any atom is -0.360 e. The van der Waals surface area contributed by atoms with E-state index in [-0.39, 0.29) is 11.4 Å². The molecule has 0 saturated carbocycles. The van der Waals surface area contributed by atoms with E-state index in [4.69, 9.17) is 10.4 Å². The van der Waals surface area contributed by atoms with Crippen LogP contribution in [0.4, 0.5) is 13.2 Å². The van der Waals surface area contributed by atoms with Crippen LogP contribution in [0.25, 0.3) is 0 Å². The molecule has 3 N–H and O–H groups in total. The Balaban J connectivity index is 1.97. The molecule has 6 nitrogen and oxygen atoms in total. The Kier molecular flexibility index (Phi) is 4.48. The summed E-state index contributed by atoms with van der Waals surface area (Å²) in [7, 11) is 0. The lowest BCUT2D eigenvalue weighted by Gasteiger charge is -2.06. The number of rotatable bonds is 4. The van der Waals surface area contributed by atoms with Crippen molar-refractivity contribution in [3.05, 3.63) is 41.4 Å². The van der Waals surface area contributed by atoms with Crippen LogP contribution in [0, 0.1) is 0 Å². The molecule has 0 fully saturated rings. The van der Waals surface area contributed by atoms with Gasteiger partial charge in [-0.1, -0.05) is 16.9 Å². The number of hydrogen-bond acceptors (Lipinski definition) is 6. The van der Waals surface area contributed by atoms with Crippen molar-refractivity contribution in [2.75, 3.05) is 0 Å². The number of nitrogens with two attached hydrogens (primary N) is 1. The molecule has 0 unspecified atom stereocenters. The van der Waals surface area contributed by atoms with Gasteiger partial charge in [0.2, 0.25) is 0 Å². The second-order valence-corrected chi connectivity index (χ2v) is 4.82. The maximum absolute atomic E-state index is 12.4. The third kappa shape index (κ3) is 3.95. The highest BCUT2D eigenvalue weighted by Gasteiger charge is 2.30. The molecular formula is C11H9F3N4O2S. The highest BCUT2D eigenvalue weighted by Crippen LogP contribution is 2.30. The maximum Gasteiger partial charge on any atom is 0.417 e. The standard InChI is InChI=1S/C11H9F3N4O2S/c12-11(13,14)6-1-2-9(16-4-6)21-5-7-3-8(18-20-7)10(19)17-15/h1-4H,5,15H2,(H,17,19). The van der Waals surface area contributed by atoms with Crippen molar-refractivity contribution in [3.8, 4) is 0 Å². The Morgan fingerprint density at radius 3 is 2.76 bits per heavy atom. The van der Waals surface area contributed by atoms with Crippen molar-refractivity contribution < 1.29 is 22.5 Å². The van der Waals surface area contributed by atoms with Gasteiger partial charge >= 0.3 is 6.18 Å². The number of hydrogen-bond donors (Lipinski definition) is 2. The minimum atomic E-state index is -4.41. The predicted octanol–water partition coefficient (Wildman–Crippen LogP) is 1.98. The zero-order chi connectivity index (χ0) is 15.5. The average molecular weight is 318 g/mol. The maximum atomic E-state index is 12.4. The van der Waals surface area contributed by atoms with Crippen LogP contribution in [0.15, 0.2) is 33.9 Å². The molecule has 0 aliphatic rings. The Hall–Kier alpha value is -2.07. The number of nitrogen functional groups attached to an aromatic ring is 1. The highest BCUT2D eigenvalue weighted by molar-refractivity contribution is 7.98. The summed E-state index contributed by atoms with van der Waals surface area (Å²) in [6.45, 7) is 0. The van der Waals surface area contributed by atoms with Crippen LogP contribution in [0.1, 0.15) is 21.8 Å². The molecule has 2 aromatic heterocycles. The predicted molar refractivity (Wildman–Crippen MR) is 67.0 cm³/mol. The number of halogens is 3. The first-order valence-corrected chi connectivity index (χ1v) is 6.51. The van der Waals surface area contributed by atoms with Crippen molar-refractivity contribution in [3.63, 3.8) is 0 Å². The van der Waals surface area contributed by atoms with Gasteiger partial charge in [0.05, 0.1) is 16.3 Å². The van der Waals surface area contributed by atoms with Gasteiger partial charge in [0.25, 0.3) is 5.91 Å². The zero-order valence-corrected chi connectivity index (χ0v) is 11.2. The number of carbonyl (C=O) groups excluding carboxylic acids is 1. The fraction of sp³-hybridized carbons (Fsp3) is 0.182. The lowest BCUT2D eigenvalue weighted by Crippen LogP contribution is -2.30. The Morgan fingerprint density at radius 1 is 1.43 bits per heavy atom. The van der Waals surface area contributed by atoms with Crippen molar-refractivity contribution in [1.29, 1.82) is 0 Å². The molecule has 2 aromatic rings. The molecule has 1 amide bonds. The largest absolute Gasteiger partial charge is 0.417 e. The molecule has 0 saturated heterocycles. The second-order valence-electron chi connectivity index (χ2n) is 3.82. The molecule has 2 heterocycles. The van der Waals surface area contributed by atoms with Gasteiger partial charge in [-0.2, -0.15) is 13.2 Å². The van der Waals surface area contributed by atoms with Gasteiger partial charge < -0.3 is 4.52 Å². The van der Waals surface area contributed by atoms with E-state index in [0.29, 0.717) is 10.8 Å². The van der Waals surface area contributed by atoms with Crippen molar-refractivity contribution >= 4 is 17.7 Å². The average Bonchev–Trinajstić information content (AvgIpc) is 2.92. The van der Waals surface area contributed by atoms with E-state index >= 15 is 0 Å². The Bertz CT molecular complexity index is 627. The van der Waals surface area contributed by atoms with E-state index in [1.807, 2.05) is 5.43 Å². The molecule has 21 heavy (non-hydrogen) atoms. The van der Waals surface area contributed by atoms with E-state index in [1.54, 1.807) is 0 Å². The number of aromatic nitrogens is 2. The lowest BCUT2D eigenvalue weighted by atomic mass is 10.3. The summed E-state index contributed by atoms with van der Waals surface area (Å²) in [5.74, 6) is 4.99. The summed E-state index contributed by atoms with van der Waals surface area (Å²) in [5, 5.41) is 3.89. The smallest absolute Gasteiger partial charge is 0.360 e. The fourth-order valence-electron chi connectivity index (χ4n) is 1.34. The van der Waals surface area contributed by atoms with Crippen LogP contribution in [0.2, 0.25) is 0 Å². The molecule has 0 atom stereocenters. The van der Waals surface area contributed by atoms with Gasteiger partial charge in [0.1, 0.15) is 5.76 Å². The lowest BCUT2D eigenvalue weighted by molar-refractivity contribution is -0.137. The molecule has 112 valence electrons. The number of nitrogens with zero attached hydrogens (tertiary/aromatic N) is 2. The normalized spacial score (nSPS) is 11.4. The summed E-state index contributed by atoms with van der Waals surface area (Å²) < 4.78 is 42.0. The molecule has 0 bridgehead atoms. The molecule has 0 radical (unpaired) electrons. The molecule has 0 aromatic carbocycles.